The van der Waals surface area contributed by atoms with E-state index in [1.54, 1.807) is 0 Å². The van der Waals surface area contributed by atoms with Gasteiger partial charge in [0.05, 0.1) is 36.3 Å². The Labute approximate surface area is 430 Å². The third-order valence-corrected chi connectivity index (χ3v) is 19.2. The molecule has 10 atom stereocenters. The molecule has 1 saturated heterocycles. The van der Waals surface area contributed by atoms with Crippen LogP contribution in [0.25, 0.3) is 0 Å². The Morgan fingerprint density at radius 1 is 0.639 bits per heavy atom. The minimum Gasteiger partial charge on any atom is -0.340 e. The van der Waals surface area contributed by atoms with Crippen molar-refractivity contribution in [3.8, 4) is 6.07 Å². The van der Waals surface area contributed by atoms with Gasteiger partial charge in [0.1, 0.15) is 0 Å². The standard InChI is InChI=1S/C64H65N7S/c65-40-45-36-51(64-67-62(43-20-6-2-7-21-43)66-63(68-64)44-34-32-42(33-35-44)41-18-4-1-5-19-41)59(71-54-28-14-16-30-60(54)72-61-31-17-15-29-55(61)71)38-56(45)70-53-27-13-11-25-48(53)50-37-49-47-24-10-12-26-52(47)69(57(49)39-58(50)70)46-22-8-3-9-23-46/h1-2,4-7,10-14,16,18,20,22,24-28,30,32-35,39,41,43,49-51,58-59,62-64,66-68H,3,8-9,15,17,19,21,23,29,31,36-38H2. The molecule has 4 aliphatic heterocycles. The molecule has 10 aliphatic rings. The quantitative estimate of drug-likeness (QED) is 0.169. The number of rotatable bonds is 7. The average Bonchev–Trinajstić information content (AvgIpc) is 3.96. The lowest BCUT2D eigenvalue weighted by molar-refractivity contribution is 0.115. The molecule has 7 nitrogen and oxygen atoms in total. The van der Waals surface area contributed by atoms with Crippen molar-refractivity contribution < 1.29 is 0 Å². The third kappa shape index (κ3) is 7.65. The summed E-state index contributed by atoms with van der Waals surface area (Å²) in [5, 5.41) is 24.3. The summed E-state index contributed by atoms with van der Waals surface area (Å²) < 4.78 is 0. The maximum Gasteiger partial charge on any atom is 0.0965 e. The van der Waals surface area contributed by atoms with Gasteiger partial charge in [-0.1, -0.05) is 139 Å². The van der Waals surface area contributed by atoms with Crippen molar-refractivity contribution in [2.45, 2.75) is 137 Å². The molecule has 6 aliphatic carbocycles. The van der Waals surface area contributed by atoms with Gasteiger partial charge in [-0.2, -0.15) is 5.26 Å². The number of para-hydroxylation sites is 3. The molecule has 14 rings (SSSR count). The Hall–Kier alpha value is -6.08. The number of nitrogens with one attached hydrogen (secondary N) is 3. The van der Waals surface area contributed by atoms with Crippen molar-refractivity contribution in [2.75, 3.05) is 14.7 Å². The second-order valence-electron chi connectivity index (χ2n) is 21.9. The van der Waals surface area contributed by atoms with E-state index in [1.807, 2.05) is 11.8 Å². The molecule has 362 valence electrons. The van der Waals surface area contributed by atoms with Crippen molar-refractivity contribution in [2.24, 2.45) is 11.8 Å². The van der Waals surface area contributed by atoms with Crippen molar-refractivity contribution >= 4 is 28.8 Å². The summed E-state index contributed by atoms with van der Waals surface area (Å²) in [5.41, 5.74) is 16.0. The lowest BCUT2D eigenvalue weighted by Gasteiger charge is -2.52. The second-order valence-corrected chi connectivity index (χ2v) is 23.0. The van der Waals surface area contributed by atoms with Crippen LogP contribution in [0.1, 0.15) is 130 Å². The molecule has 0 amide bonds. The molecule has 4 aromatic carbocycles. The Bertz CT molecular complexity index is 3090. The van der Waals surface area contributed by atoms with Gasteiger partial charge in [0.2, 0.25) is 0 Å². The largest absolute Gasteiger partial charge is 0.340 e. The molecule has 8 heteroatoms. The molecule has 0 bridgehead atoms. The van der Waals surface area contributed by atoms with Crippen LogP contribution >= 0.6 is 11.8 Å². The topological polar surface area (TPSA) is 69.6 Å². The zero-order valence-corrected chi connectivity index (χ0v) is 42.0. The van der Waals surface area contributed by atoms with E-state index in [0.29, 0.717) is 24.2 Å². The van der Waals surface area contributed by atoms with Crippen LogP contribution in [0.4, 0.5) is 17.1 Å². The molecule has 4 heterocycles. The minimum atomic E-state index is -0.0820. The summed E-state index contributed by atoms with van der Waals surface area (Å²) in [6.45, 7) is 0. The zero-order valence-electron chi connectivity index (χ0n) is 41.2. The van der Waals surface area contributed by atoms with Crippen LogP contribution in [0.2, 0.25) is 0 Å². The molecule has 0 saturated carbocycles. The Kier molecular flexibility index (Phi) is 11.6. The van der Waals surface area contributed by atoms with Gasteiger partial charge in [0.25, 0.3) is 0 Å². The second kappa shape index (κ2) is 18.8. The fourth-order valence-electron chi connectivity index (χ4n) is 14.5. The van der Waals surface area contributed by atoms with Gasteiger partial charge in [0, 0.05) is 91.6 Å². The van der Waals surface area contributed by atoms with Crippen LogP contribution in [0, 0.1) is 23.2 Å². The monoisotopic (exact) mass is 964 g/mol. The predicted octanol–water partition coefficient (Wildman–Crippen LogP) is 14.1. The SMILES string of the molecule is N#CC1=C(N2c3ccccc3C3CC4C(=CC32)N(C2=CCCCC2)c2ccccc24)CC(N2C3=C(CCCC3)Sc3ccccc32)C(C2NC(c3ccc(C4C=CC=CC4)cc3)NC(C3C=CC=CC3)N2)C1. The Balaban J connectivity index is 0.898. The summed E-state index contributed by atoms with van der Waals surface area (Å²) in [5.74, 6) is 1.42. The van der Waals surface area contributed by atoms with Crippen LogP contribution in [-0.2, 0) is 0 Å². The molecular weight excluding hydrogens is 899 g/mol. The van der Waals surface area contributed by atoms with Crippen molar-refractivity contribution in [3.05, 3.63) is 213 Å². The lowest BCUT2D eigenvalue weighted by Crippen LogP contribution is -2.69. The van der Waals surface area contributed by atoms with Crippen molar-refractivity contribution in [1.82, 2.24) is 16.0 Å². The molecule has 0 aromatic heterocycles. The maximum absolute atomic E-state index is 11.8. The predicted molar refractivity (Wildman–Crippen MR) is 294 cm³/mol. The molecule has 0 spiro atoms. The van der Waals surface area contributed by atoms with Crippen LogP contribution < -0.4 is 30.7 Å². The Morgan fingerprint density at radius 2 is 1.39 bits per heavy atom. The van der Waals surface area contributed by atoms with Gasteiger partial charge in [0.15, 0.2) is 0 Å². The van der Waals surface area contributed by atoms with Crippen molar-refractivity contribution in [3.63, 3.8) is 0 Å². The van der Waals surface area contributed by atoms with Gasteiger partial charge in [-0.15, -0.1) is 0 Å². The molecular formula is C64H65N7S. The van der Waals surface area contributed by atoms with E-state index in [2.05, 4.69) is 195 Å². The van der Waals surface area contributed by atoms with E-state index in [4.69, 9.17) is 0 Å². The third-order valence-electron chi connectivity index (χ3n) is 17.9. The fraction of sp³-hybridized carbons (Fsp3) is 0.359. The number of allylic oxidation sites excluding steroid dienone is 13. The molecule has 3 N–H and O–H groups in total. The molecule has 1 fully saturated rings. The molecule has 72 heavy (non-hydrogen) atoms. The first kappa shape index (κ1) is 44.6. The number of thioether (sulfide) groups is 1. The van der Waals surface area contributed by atoms with E-state index in [0.717, 1.165) is 56.9 Å². The molecule has 10 unspecified atom stereocenters. The summed E-state index contributed by atoms with van der Waals surface area (Å²) in [4.78, 5) is 11.1. The number of anilines is 3. The van der Waals surface area contributed by atoms with Crippen LogP contribution in [0.5, 0.6) is 0 Å². The zero-order chi connectivity index (χ0) is 47.7. The molecule has 0 radical (unpaired) electrons. The van der Waals surface area contributed by atoms with E-state index in [-0.39, 0.29) is 42.4 Å². The van der Waals surface area contributed by atoms with Crippen LogP contribution in [0.15, 0.2) is 196 Å². The lowest BCUT2D eigenvalue weighted by atomic mass is 9.76. The first-order chi connectivity index (χ1) is 35.7. The van der Waals surface area contributed by atoms with Gasteiger partial charge >= 0.3 is 0 Å². The highest BCUT2D eigenvalue weighted by Gasteiger charge is 2.52. The van der Waals surface area contributed by atoms with E-state index in [9.17, 15) is 5.26 Å². The smallest absolute Gasteiger partial charge is 0.0965 e. The number of hydrogen-bond donors (Lipinski definition) is 3. The summed E-state index contributed by atoms with van der Waals surface area (Å²) >= 11 is 2.01. The van der Waals surface area contributed by atoms with E-state index >= 15 is 0 Å². The van der Waals surface area contributed by atoms with Crippen molar-refractivity contribution in [1.29, 1.82) is 5.26 Å². The first-order valence-corrected chi connectivity index (χ1v) is 28.1. The highest BCUT2D eigenvalue weighted by atomic mass is 32.2. The minimum absolute atomic E-state index is 0.0320. The number of hydrogen-bond acceptors (Lipinski definition) is 8. The average molecular weight is 964 g/mol. The number of nitriles is 1. The Morgan fingerprint density at radius 3 is 2.19 bits per heavy atom. The van der Waals surface area contributed by atoms with Gasteiger partial charge in [-0.25, -0.2) is 0 Å². The summed E-state index contributed by atoms with van der Waals surface area (Å²) in [6.07, 6.45) is 37.0. The fourth-order valence-corrected chi connectivity index (χ4v) is 15.8. The summed E-state index contributed by atoms with van der Waals surface area (Å²) in [7, 11) is 0. The number of fused-ring (bicyclic) bond motifs is 7. The highest BCUT2D eigenvalue weighted by molar-refractivity contribution is 8.03. The van der Waals surface area contributed by atoms with Gasteiger partial charge < -0.3 is 14.7 Å². The summed E-state index contributed by atoms with van der Waals surface area (Å²) in [6, 6.07) is 40.2. The number of benzene rings is 4. The normalized spacial score (nSPS) is 31.2. The maximum atomic E-state index is 11.8. The van der Waals surface area contributed by atoms with Gasteiger partial charge in [-0.3, -0.25) is 16.0 Å². The van der Waals surface area contributed by atoms with Crippen LogP contribution in [0.3, 0.4) is 0 Å². The molecule has 4 aromatic rings. The van der Waals surface area contributed by atoms with E-state index in [1.165, 1.54) is 97.6 Å². The number of nitrogens with zero attached hydrogens (tertiary/aromatic N) is 4. The van der Waals surface area contributed by atoms with Gasteiger partial charge in [-0.05, 0) is 130 Å². The highest BCUT2D eigenvalue weighted by Crippen LogP contribution is 2.60. The first-order valence-electron chi connectivity index (χ1n) is 27.3. The van der Waals surface area contributed by atoms with Crippen LogP contribution in [-0.4, -0.2) is 24.4 Å². The van der Waals surface area contributed by atoms with E-state index < -0.39 is 0 Å².